The number of aliphatic hydroxyl groups excluding tert-OH is 2. The van der Waals surface area contributed by atoms with Crippen molar-refractivity contribution in [3.63, 3.8) is 0 Å². The molecule has 1 heterocycles. The molecule has 0 bridgehead atoms. The fraction of sp³-hybridized carbons (Fsp3) is 0.455. The Morgan fingerprint density at radius 2 is 1.87 bits per heavy atom. The lowest BCUT2D eigenvalue weighted by Crippen LogP contribution is -2.39. The van der Waals surface area contributed by atoms with E-state index in [2.05, 4.69) is 0 Å². The van der Waals surface area contributed by atoms with Crippen LogP contribution in [0.3, 0.4) is 0 Å². The van der Waals surface area contributed by atoms with Gasteiger partial charge < -0.3 is 14.9 Å². The maximum atomic E-state index is 9.48. The summed E-state index contributed by atoms with van der Waals surface area (Å²) in [5.74, 6) is 0. The number of thioether (sulfide) groups is 1. The number of hydrogen-bond donors (Lipinski definition) is 2. The summed E-state index contributed by atoms with van der Waals surface area (Å²) in [6.45, 7) is 0.214. The third-order valence-corrected chi connectivity index (χ3v) is 3.48. The van der Waals surface area contributed by atoms with E-state index in [1.807, 2.05) is 30.3 Å². The van der Waals surface area contributed by atoms with Crippen LogP contribution in [0.25, 0.3) is 0 Å². The van der Waals surface area contributed by atoms with Gasteiger partial charge in [-0.25, -0.2) is 0 Å². The van der Waals surface area contributed by atoms with Crippen molar-refractivity contribution in [3.8, 4) is 0 Å². The van der Waals surface area contributed by atoms with Gasteiger partial charge in [0.15, 0.2) is 0 Å². The molecule has 1 saturated heterocycles. The van der Waals surface area contributed by atoms with E-state index in [4.69, 9.17) is 4.74 Å². The number of aliphatic hydroxyl groups is 2. The van der Waals surface area contributed by atoms with Crippen LogP contribution in [0.4, 0.5) is 0 Å². The quantitative estimate of drug-likeness (QED) is 0.796. The zero-order valence-corrected chi connectivity index (χ0v) is 9.06. The molecule has 0 radical (unpaired) electrons. The lowest BCUT2D eigenvalue weighted by Gasteiger charge is -2.29. The molecule has 1 fully saturated rings. The molecular weight excluding hydrogens is 212 g/mol. The minimum atomic E-state index is -0.738. The molecule has 15 heavy (non-hydrogen) atoms. The number of rotatable bonds is 2. The fourth-order valence-corrected chi connectivity index (χ4v) is 2.53. The second-order valence-electron chi connectivity index (χ2n) is 3.56. The summed E-state index contributed by atoms with van der Waals surface area (Å²) in [6.07, 6.45) is -0.932. The summed E-state index contributed by atoms with van der Waals surface area (Å²) >= 11 is 1.58. The molecule has 1 aliphatic rings. The highest BCUT2D eigenvalue weighted by Gasteiger charge is 2.28. The first-order valence-electron chi connectivity index (χ1n) is 4.95. The standard InChI is InChI=1S/C11H14O3S/c12-9-6-11(14-7-10(9)13)15-8-4-2-1-3-5-8/h1-5,9-13H,6-7H2/t9-,10+,11-/m0/s1. The predicted molar refractivity (Wildman–Crippen MR) is 58.7 cm³/mol. The van der Waals surface area contributed by atoms with Crippen molar-refractivity contribution < 1.29 is 14.9 Å². The van der Waals surface area contributed by atoms with Crippen molar-refractivity contribution >= 4 is 11.8 Å². The van der Waals surface area contributed by atoms with Crippen molar-refractivity contribution in [2.45, 2.75) is 29.0 Å². The van der Waals surface area contributed by atoms with Gasteiger partial charge in [-0.2, -0.15) is 0 Å². The van der Waals surface area contributed by atoms with Crippen LogP contribution in [0.2, 0.25) is 0 Å². The van der Waals surface area contributed by atoms with E-state index in [1.54, 1.807) is 11.8 Å². The summed E-state index contributed by atoms with van der Waals surface area (Å²) in [7, 11) is 0. The van der Waals surface area contributed by atoms with Gasteiger partial charge in [-0.05, 0) is 12.1 Å². The van der Waals surface area contributed by atoms with Gasteiger partial charge in [0.25, 0.3) is 0 Å². The van der Waals surface area contributed by atoms with Crippen LogP contribution in [-0.4, -0.2) is 34.5 Å². The number of ether oxygens (including phenoxy) is 1. The summed E-state index contributed by atoms with van der Waals surface area (Å²) < 4.78 is 5.42. The van der Waals surface area contributed by atoms with Gasteiger partial charge in [-0.1, -0.05) is 30.0 Å². The normalized spacial score (nSPS) is 31.5. The van der Waals surface area contributed by atoms with Crippen LogP contribution in [0.1, 0.15) is 6.42 Å². The Labute approximate surface area is 93.1 Å². The minimum absolute atomic E-state index is 0.0641. The van der Waals surface area contributed by atoms with E-state index in [-0.39, 0.29) is 12.0 Å². The topological polar surface area (TPSA) is 49.7 Å². The van der Waals surface area contributed by atoms with Crippen molar-refractivity contribution in [3.05, 3.63) is 30.3 Å². The van der Waals surface area contributed by atoms with Crippen LogP contribution < -0.4 is 0 Å². The highest BCUT2D eigenvalue weighted by molar-refractivity contribution is 7.99. The first-order valence-corrected chi connectivity index (χ1v) is 5.83. The monoisotopic (exact) mass is 226 g/mol. The largest absolute Gasteiger partial charge is 0.390 e. The van der Waals surface area contributed by atoms with E-state index in [0.29, 0.717) is 6.42 Å². The molecule has 0 unspecified atom stereocenters. The minimum Gasteiger partial charge on any atom is -0.390 e. The van der Waals surface area contributed by atoms with Gasteiger partial charge in [0, 0.05) is 11.3 Å². The summed E-state index contributed by atoms with van der Waals surface area (Å²) in [4.78, 5) is 1.12. The molecule has 0 aromatic heterocycles. The Balaban J connectivity index is 1.91. The lowest BCUT2D eigenvalue weighted by molar-refractivity contribution is -0.0954. The van der Waals surface area contributed by atoms with Crippen molar-refractivity contribution in [2.75, 3.05) is 6.61 Å². The number of benzene rings is 1. The third kappa shape index (κ3) is 2.95. The van der Waals surface area contributed by atoms with Gasteiger partial charge in [0.1, 0.15) is 11.5 Å². The van der Waals surface area contributed by atoms with Crippen LogP contribution in [0.5, 0.6) is 0 Å². The highest BCUT2D eigenvalue weighted by Crippen LogP contribution is 2.30. The maximum absolute atomic E-state index is 9.48. The molecule has 4 heteroatoms. The Kier molecular flexibility index (Phi) is 3.64. The fourth-order valence-electron chi connectivity index (χ4n) is 1.47. The zero-order chi connectivity index (χ0) is 10.7. The third-order valence-electron chi connectivity index (χ3n) is 2.34. The van der Waals surface area contributed by atoms with E-state index in [0.717, 1.165) is 4.90 Å². The molecule has 0 amide bonds. The first kappa shape index (κ1) is 11.0. The smallest absolute Gasteiger partial charge is 0.110 e. The SMILES string of the molecule is O[C@@H]1CO[C@@H](Sc2ccccc2)C[C@@H]1O. The summed E-state index contributed by atoms with van der Waals surface area (Å²) in [5, 5.41) is 18.8. The molecule has 3 nitrogen and oxygen atoms in total. The zero-order valence-electron chi connectivity index (χ0n) is 8.24. The van der Waals surface area contributed by atoms with Gasteiger partial charge >= 0.3 is 0 Å². The van der Waals surface area contributed by atoms with Crippen LogP contribution in [0.15, 0.2) is 35.2 Å². The van der Waals surface area contributed by atoms with E-state index < -0.39 is 12.2 Å². The maximum Gasteiger partial charge on any atom is 0.110 e. The van der Waals surface area contributed by atoms with Gasteiger partial charge in [0.05, 0.1) is 12.7 Å². The van der Waals surface area contributed by atoms with Crippen molar-refractivity contribution in [1.29, 1.82) is 0 Å². The van der Waals surface area contributed by atoms with Crippen LogP contribution in [-0.2, 0) is 4.74 Å². The Hall–Kier alpha value is -0.550. The molecule has 1 aromatic carbocycles. The van der Waals surface area contributed by atoms with Gasteiger partial charge in [-0.3, -0.25) is 0 Å². The second-order valence-corrected chi connectivity index (χ2v) is 4.80. The Bertz CT molecular complexity index is 304. The lowest BCUT2D eigenvalue weighted by atomic mass is 10.1. The highest BCUT2D eigenvalue weighted by atomic mass is 32.2. The molecule has 1 aliphatic heterocycles. The average molecular weight is 226 g/mol. The van der Waals surface area contributed by atoms with E-state index in [9.17, 15) is 10.2 Å². The summed E-state index contributed by atoms with van der Waals surface area (Å²) in [5.41, 5.74) is -0.0641. The predicted octanol–water partition coefficient (Wildman–Crippen LogP) is 1.25. The molecule has 2 N–H and O–H groups in total. The van der Waals surface area contributed by atoms with Crippen molar-refractivity contribution in [2.24, 2.45) is 0 Å². The first-order chi connectivity index (χ1) is 7.25. The van der Waals surface area contributed by atoms with Gasteiger partial charge in [0.2, 0.25) is 0 Å². The van der Waals surface area contributed by atoms with E-state index >= 15 is 0 Å². The van der Waals surface area contributed by atoms with Gasteiger partial charge in [-0.15, -0.1) is 0 Å². The second kappa shape index (κ2) is 4.99. The molecule has 0 saturated carbocycles. The Morgan fingerprint density at radius 1 is 1.13 bits per heavy atom. The van der Waals surface area contributed by atoms with Crippen LogP contribution in [0, 0.1) is 0 Å². The Morgan fingerprint density at radius 3 is 2.53 bits per heavy atom. The molecular formula is C11H14O3S. The van der Waals surface area contributed by atoms with Crippen LogP contribution >= 0.6 is 11.8 Å². The molecule has 0 spiro atoms. The summed E-state index contributed by atoms with van der Waals surface area (Å²) in [6, 6.07) is 9.91. The molecule has 82 valence electrons. The van der Waals surface area contributed by atoms with E-state index in [1.165, 1.54) is 0 Å². The van der Waals surface area contributed by atoms with Crippen molar-refractivity contribution in [1.82, 2.24) is 0 Å². The number of hydrogen-bond acceptors (Lipinski definition) is 4. The average Bonchev–Trinajstić information content (AvgIpc) is 2.25. The molecule has 1 aromatic rings. The molecule has 3 atom stereocenters. The molecule has 0 aliphatic carbocycles. The molecule has 2 rings (SSSR count).